The van der Waals surface area contributed by atoms with Crippen LogP contribution in [0.15, 0.2) is 24.3 Å². The normalized spacial score (nSPS) is 10.7. The first-order valence-corrected chi connectivity index (χ1v) is 5.28. The topological polar surface area (TPSA) is 12.9 Å². The summed E-state index contributed by atoms with van der Waals surface area (Å²) in [6.07, 6.45) is 0. The molecule has 0 N–H and O–H groups in total. The number of pyridine rings is 1. The summed E-state index contributed by atoms with van der Waals surface area (Å²) in [6.45, 7) is 4.22. The molecule has 0 saturated heterocycles. The molecule has 0 atom stereocenters. The van der Waals surface area contributed by atoms with Crippen molar-refractivity contribution in [3.8, 4) is 0 Å². The summed E-state index contributed by atoms with van der Waals surface area (Å²) in [5.74, 6) is 0. The van der Waals surface area contributed by atoms with Crippen LogP contribution in [0.1, 0.15) is 11.1 Å². The van der Waals surface area contributed by atoms with E-state index in [-0.39, 0.29) is 0 Å². The largest absolute Gasteiger partial charge is 0.242 e. The Labute approximate surface area is 91.3 Å². The van der Waals surface area contributed by atoms with Gasteiger partial charge in [0.05, 0.1) is 5.52 Å². The smallest absolute Gasteiger partial charge is 0.102 e. The molecule has 0 fully saturated rings. The predicted octanol–water partition coefficient (Wildman–Crippen LogP) is 3.46. The Kier molecular flexibility index (Phi) is 2.24. The fourth-order valence-electron chi connectivity index (χ4n) is 1.47. The molecule has 2 aromatic rings. The molecule has 13 heavy (non-hydrogen) atoms. The van der Waals surface area contributed by atoms with E-state index in [9.17, 15) is 0 Å². The van der Waals surface area contributed by atoms with E-state index < -0.39 is 0 Å². The molecule has 1 aromatic carbocycles. The predicted molar refractivity (Wildman–Crippen MR) is 63.9 cm³/mol. The molecule has 1 heterocycles. The van der Waals surface area contributed by atoms with Crippen LogP contribution >= 0.6 is 22.6 Å². The molecule has 0 aliphatic heterocycles. The Morgan fingerprint density at radius 1 is 1.15 bits per heavy atom. The van der Waals surface area contributed by atoms with Crippen LogP contribution in [0.2, 0.25) is 0 Å². The number of aromatic nitrogens is 1. The molecular weight excluding hydrogens is 273 g/mol. The Morgan fingerprint density at radius 2 is 1.92 bits per heavy atom. The molecule has 1 nitrogen and oxygen atoms in total. The summed E-state index contributed by atoms with van der Waals surface area (Å²) in [5.41, 5.74) is 3.67. The molecule has 2 heteroatoms. The molecule has 0 unspecified atom stereocenters. The molecule has 0 bridgehead atoms. The summed E-state index contributed by atoms with van der Waals surface area (Å²) in [7, 11) is 0. The van der Waals surface area contributed by atoms with Gasteiger partial charge < -0.3 is 0 Å². The zero-order valence-corrected chi connectivity index (χ0v) is 9.79. The fourth-order valence-corrected chi connectivity index (χ4v) is 2.20. The van der Waals surface area contributed by atoms with Crippen molar-refractivity contribution in [1.82, 2.24) is 4.98 Å². The van der Waals surface area contributed by atoms with Crippen molar-refractivity contribution in [2.45, 2.75) is 13.8 Å². The number of benzene rings is 1. The van der Waals surface area contributed by atoms with Crippen molar-refractivity contribution in [2.24, 2.45) is 0 Å². The number of hydrogen-bond donors (Lipinski definition) is 0. The van der Waals surface area contributed by atoms with Gasteiger partial charge in [-0.2, -0.15) is 0 Å². The first kappa shape index (κ1) is 8.94. The molecule has 0 amide bonds. The van der Waals surface area contributed by atoms with Crippen LogP contribution in [0.3, 0.4) is 0 Å². The number of halogens is 1. The lowest BCUT2D eigenvalue weighted by Crippen LogP contribution is -1.87. The molecule has 66 valence electrons. The minimum absolute atomic E-state index is 1.06. The highest BCUT2D eigenvalue weighted by molar-refractivity contribution is 14.1. The second-order valence-corrected chi connectivity index (χ2v) is 4.39. The summed E-state index contributed by atoms with van der Waals surface area (Å²) in [6, 6.07) is 8.51. The average molecular weight is 283 g/mol. The van der Waals surface area contributed by atoms with Gasteiger partial charge in [0.1, 0.15) is 3.70 Å². The van der Waals surface area contributed by atoms with E-state index in [0.29, 0.717) is 0 Å². The summed E-state index contributed by atoms with van der Waals surface area (Å²) in [4.78, 5) is 4.48. The second kappa shape index (κ2) is 3.25. The summed E-state index contributed by atoms with van der Waals surface area (Å²) < 4.78 is 1.06. The Hall–Kier alpha value is -0.640. The first-order chi connectivity index (χ1) is 6.16. The SMILES string of the molecule is Cc1ccc2c(C)cc(I)nc2c1. The zero-order valence-electron chi connectivity index (χ0n) is 7.63. The van der Waals surface area contributed by atoms with Gasteiger partial charge in [-0.25, -0.2) is 4.98 Å². The van der Waals surface area contributed by atoms with Crippen molar-refractivity contribution in [1.29, 1.82) is 0 Å². The summed E-state index contributed by atoms with van der Waals surface area (Å²) >= 11 is 2.25. The van der Waals surface area contributed by atoms with Gasteiger partial charge in [-0.3, -0.25) is 0 Å². The second-order valence-electron chi connectivity index (χ2n) is 3.28. The number of aryl methyl sites for hydroxylation is 2. The maximum absolute atomic E-state index is 4.48. The van der Waals surface area contributed by atoms with Crippen molar-refractivity contribution >= 4 is 33.5 Å². The number of fused-ring (bicyclic) bond motifs is 1. The number of nitrogens with zero attached hydrogens (tertiary/aromatic N) is 1. The highest BCUT2D eigenvalue weighted by Crippen LogP contribution is 2.19. The van der Waals surface area contributed by atoms with Crippen molar-refractivity contribution in [2.75, 3.05) is 0 Å². The lowest BCUT2D eigenvalue weighted by Gasteiger charge is -2.03. The van der Waals surface area contributed by atoms with Crippen LogP contribution in [-0.4, -0.2) is 4.98 Å². The highest BCUT2D eigenvalue weighted by Gasteiger charge is 2.00. The van der Waals surface area contributed by atoms with Crippen LogP contribution in [-0.2, 0) is 0 Å². The Bertz CT molecular complexity index is 458. The molecule has 0 aliphatic rings. The third-order valence-corrected chi connectivity index (χ3v) is 2.69. The van der Waals surface area contributed by atoms with E-state index >= 15 is 0 Å². The molecule has 0 radical (unpaired) electrons. The molecule has 0 aliphatic carbocycles. The van der Waals surface area contributed by atoms with Gasteiger partial charge in [-0.05, 0) is 59.7 Å². The van der Waals surface area contributed by atoms with Crippen LogP contribution < -0.4 is 0 Å². The van der Waals surface area contributed by atoms with E-state index in [1.807, 2.05) is 0 Å². The Balaban J connectivity index is 2.86. The quantitative estimate of drug-likeness (QED) is 0.533. The van der Waals surface area contributed by atoms with Gasteiger partial charge in [-0.15, -0.1) is 0 Å². The van der Waals surface area contributed by atoms with Gasteiger partial charge in [-0.1, -0.05) is 12.1 Å². The Morgan fingerprint density at radius 3 is 2.69 bits per heavy atom. The maximum atomic E-state index is 4.48. The monoisotopic (exact) mass is 283 g/mol. The fraction of sp³-hybridized carbons (Fsp3) is 0.182. The van der Waals surface area contributed by atoms with Gasteiger partial charge in [0.25, 0.3) is 0 Å². The molecular formula is C11H10IN. The average Bonchev–Trinajstić information content (AvgIpc) is 2.02. The molecule has 0 saturated carbocycles. The van der Waals surface area contributed by atoms with Crippen molar-refractivity contribution in [3.05, 3.63) is 39.1 Å². The lowest BCUT2D eigenvalue weighted by molar-refractivity contribution is 1.30. The minimum atomic E-state index is 1.06. The summed E-state index contributed by atoms with van der Waals surface area (Å²) in [5, 5.41) is 1.26. The molecule has 2 rings (SSSR count). The van der Waals surface area contributed by atoms with Crippen LogP contribution in [0.5, 0.6) is 0 Å². The molecule has 1 aromatic heterocycles. The first-order valence-electron chi connectivity index (χ1n) is 4.20. The number of rotatable bonds is 0. The standard InChI is InChI=1S/C11H10IN/c1-7-3-4-9-8(2)6-11(12)13-10(9)5-7/h3-6H,1-2H3. The van der Waals surface area contributed by atoms with Crippen LogP contribution in [0.4, 0.5) is 0 Å². The lowest BCUT2D eigenvalue weighted by atomic mass is 10.1. The molecule has 0 spiro atoms. The van der Waals surface area contributed by atoms with Crippen molar-refractivity contribution < 1.29 is 0 Å². The van der Waals surface area contributed by atoms with Gasteiger partial charge in [0.15, 0.2) is 0 Å². The van der Waals surface area contributed by atoms with E-state index in [4.69, 9.17) is 0 Å². The van der Waals surface area contributed by atoms with Gasteiger partial charge in [0.2, 0.25) is 0 Å². The van der Waals surface area contributed by atoms with Gasteiger partial charge >= 0.3 is 0 Å². The van der Waals surface area contributed by atoms with E-state index in [0.717, 1.165) is 9.22 Å². The third-order valence-electron chi connectivity index (χ3n) is 2.14. The van der Waals surface area contributed by atoms with Crippen LogP contribution in [0.25, 0.3) is 10.9 Å². The minimum Gasteiger partial charge on any atom is -0.242 e. The van der Waals surface area contributed by atoms with Crippen molar-refractivity contribution in [3.63, 3.8) is 0 Å². The number of hydrogen-bond acceptors (Lipinski definition) is 1. The van der Waals surface area contributed by atoms with Crippen LogP contribution in [0, 0.1) is 17.5 Å². The zero-order chi connectivity index (χ0) is 9.42. The third kappa shape index (κ3) is 1.68. The van der Waals surface area contributed by atoms with E-state index in [1.165, 1.54) is 16.5 Å². The maximum Gasteiger partial charge on any atom is 0.102 e. The van der Waals surface area contributed by atoms with E-state index in [1.54, 1.807) is 0 Å². The highest BCUT2D eigenvalue weighted by atomic mass is 127. The van der Waals surface area contributed by atoms with E-state index in [2.05, 4.69) is 65.7 Å². The van der Waals surface area contributed by atoms with Gasteiger partial charge in [0, 0.05) is 5.39 Å².